The van der Waals surface area contributed by atoms with Crippen LogP contribution in [-0.2, 0) is 27.9 Å². The summed E-state index contributed by atoms with van der Waals surface area (Å²) in [5, 5.41) is 19.4. The topological polar surface area (TPSA) is 136 Å². The molecule has 1 fully saturated rings. The lowest BCUT2D eigenvalue weighted by Gasteiger charge is -2.33. The number of rotatable bonds is 6. The zero-order valence-electron chi connectivity index (χ0n) is 17.4. The number of carbonyl (C=O) groups is 1. The van der Waals surface area contributed by atoms with Crippen molar-refractivity contribution in [3.05, 3.63) is 33.4 Å². The molecule has 3 heterocycles. The lowest BCUT2D eigenvalue weighted by atomic mass is 10.3. The molecule has 3 rings (SSSR count). The van der Waals surface area contributed by atoms with E-state index in [-0.39, 0.29) is 54.9 Å². The first-order valence-corrected chi connectivity index (χ1v) is 11.0. The molecule has 1 aliphatic rings. The van der Waals surface area contributed by atoms with Crippen molar-refractivity contribution in [2.24, 2.45) is 0 Å². The van der Waals surface area contributed by atoms with E-state index >= 15 is 0 Å². The van der Waals surface area contributed by atoms with Gasteiger partial charge < -0.3 is 4.90 Å². The summed E-state index contributed by atoms with van der Waals surface area (Å²) in [4.78, 5) is 25.0. The summed E-state index contributed by atoms with van der Waals surface area (Å²) >= 11 is 0. The quantitative estimate of drug-likeness (QED) is 0.471. The van der Waals surface area contributed by atoms with Gasteiger partial charge in [0.15, 0.2) is 0 Å². The molecule has 30 heavy (non-hydrogen) atoms. The number of aryl methyl sites for hydroxylation is 3. The molecule has 0 bridgehead atoms. The van der Waals surface area contributed by atoms with E-state index < -0.39 is 14.9 Å². The Balaban J connectivity index is 1.67. The van der Waals surface area contributed by atoms with Crippen molar-refractivity contribution in [2.45, 2.75) is 45.7 Å². The Morgan fingerprint density at radius 3 is 2.27 bits per heavy atom. The summed E-state index contributed by atoms with van der Waals surface area (Å²) in [5.41, 5.74) is 0.919. The minimum Gasteiger partial charge on any atom is -0.338 e. The molecule has 2 aromatic heterocycles. The molecule has 0 spiro atoms. The molecule has 0 atom stereocenters. The van der Waals surface area contributed by atoms with Gasteiger partial charge in [-0.3, -0.25) is 24.3 Å². The maximum Gasteiger partial charge on any atom is 0.312 e. The summed E-state index contributed by atoms with van der Waals surface area (Å²) in [6.07, 6.45) is 1.53. The van der Waals surface area contributed by atoms with Gasteiger partial charge >= 0.3 is 5.69 Å². The maximum atomic E-state index is 12.9. The smallest absolute Gasteiger partial charge is 0.312 e. The van der Waals surface area contributed by atoms with Gasteiger partial charge in [0.2, 0.25) is 15.9 Å². The van der Waals surface area contributed by atoms with Crippen LogP contribution in [0.1, 0.15) is 24.0 Å². The largest absolute Gasteiger partial charge is 0.338 e. The fourth-order valence-electron chi connectivity index (χ4n) is 3.57. The number of nitrogens with zero attached hydrogens (tertiary/aromatic N) is 7. The standard InChI is InChI=1S/C17H25N7O5S/c1-5-21-10-15(12(2)18-21)30(28,29)22-8-6-20(7-9-22)16(25)11-23-14(4)17(24(26)27)13(3)19-23/h10H,5-9,11H2,1-4H3. The number of hydrogen-bond acceptors (Lipinski definition) is 7. The zero-order valence-corrected chi connectivity index (χ0v) is 18.2. The number of hydrogen-bond donors (Lipinski definition) is 0. The molecule has 0 aromatic carbocycles. The fraction of sp³-hybridized carbons (Fsp3) is 0.588. The first-order chi connectivity index (χ1) is 14.1. The Labute approximate surface area is 174 Å². The summed E-state index contributed by atoms with van der Waals surface area (Å²) in [7, 11) is -3.69. The minimum absolute atomic E-state index is 0.0956. The number of aromatic nitrogens is 4. The number of amides is 1. The van der Waals surface area contributed by atoms with Gasteiger partial charge in [-0.2, -0.15) is 14.5 Å². The minimum atomic E-state index is -3.69. The van der Waals surface area contributed by atoms with Crippen LogP contribution in [0.4, 0.5) is 5.69 Å². The summed E-state index contributed by atoms with van der Waals surface area (Å²) in [6, 6.07) is 0. The third-order valence-corrected chi connectivity index (χ3v) is 7.25. The van der Waals surface area contributed by atoms with Crippen LogP contribution in [0, 0.1) is 30.9 Å². The molecule has 164 valence electrons. The maximum absolute atomic E-state index is 12.9. The van der Waals surface area contributed by atoms with Crippen molar-refractivity contribution in [3.8, 4) is 0 Å². The van der Waals surface area contributed by atoms with E-state index in [0.717, 1.165) is 0 Å². The van der Waals surface area contributed by atoms with Crippen molar-refractivity contribution in [2.75, 3.05) is 26.2 Å². The fourth-order valence-corrected chi connectivity index (χ4v) is 5.16. The molecule has 12 nitrogen and oxygen atoms in total. The number of sulfonamides is 1. The van der Waals surface area contributed by atoms with E-state index in [1.165, 1.54) is 22.1 Å². The van der Waals surface area contributed by atoms with Crippen LogP contribution in [0.3, 0.4) is 0 Å². The number of piperazine rings is 1. The summed E-state index contributed by atoms with van der Waals surface area (Å²) in [6.45, 7) is 7.87. The Bertz CT molecular complexity index is 1080. The highest BCUT2D eigenvalue weighted by molar-refractivity contribution is 7.89. The second kappa shape index (κ2) is 8.14. The molecule has 0 aliphatic carbocycles. The Hall–Kier alpha value is -2.80. The van der Waals surface area contributed by atoms with Crippen LogP contribution in [-0.4, -0.2) is 74.2 Å². The molecular formula is C17H25N7O5S. The molecular weight excluding hydrogens is 414 g/mol. The highest BCUT2D eigenvalue weighted by Crippen LogP contribution is 2.23. The van der Waals surface area contributed by atoms with E-state index in [1.54, 1.807) is 23.4 Å². The monoisotopic (exact) mass is 439 g/mol. The van der Waals surface area contributed by atoms with Crippen molar-refractivity contribution >= 4 is 21.6 Å². The lowest BCUT2D eigenvalue weighted by Crippen LogP contribution is -2.51. The first kappa shape index (κ1) is 21.9. The van der Waals surface area contributed by atoms with Gasteiger partial charge in [-0.25, -0.2) is 8.42 Å². The lowest BCUT2D eigenvalue weighted by molar-refractivity contribution is -0.386. The first-order valence-electron chi connectivity index (χ1n) is 9.56. The van der Waals surface area contributed by atoms with Gasteiger partial charge in [0.05, 0.1) is 10.6 Å². The van der Waals surface area contributed by atoms with Crippen LogP contribution in [0.2, 0.25) is 0 Å². The van der Waals surface area contributed by atoms with Crippen molar-refractivity contribution in [1.29, 1.82) is 0 Å². The van der Waals surface area contributed by atoms with Gasteiger partial charge in [-0.15, -0.1) is 0 Å². The van der Waals surface area contributed by atoms with E-state index in [9.17, 15) is 23.3 Å². The predicted octanol–water partition coefficient (Wildman–Crippen LogP) is 0.466. The van der Waals surface area contributed by atoms with Crippen molar-refractivity contribution in [1.82, 2.24) is 28.8 Å². The molecule has 0 N–H and O–H groups in total. The van der Waals surface area contributed by atoms with Crippen molar-refractivity contribution in [3.63, 3.8) is 0 Å². The Morgan fingerprint density at radius 1 is 1.13 bits per heavy atom. The van der Waals surface area contributed by atoms with Gasteiger partial charge in [0.1, 0.15) is 22.8 Å². The third kappa shape index (κ3) is 3.94. The average Bonchev–Trinajstić information content (AvgIpc) is 3.21. The van der Waals surface area contributed by atoms with Gasteiger partial charge in [0, 0.05) is 38.9 Å². The van der Waals surface area contributed by atoms with Gasteiger partial charge in [-0.05, 0) is 27.7 Å². The van der Waals surface area contributed by atoms with E-state index in [1.807, 2.05) is 6.92 Å². The molecule has 2 aromatic rings. The second-order valence-electron chi connectivity index (χ2n) is 7.15. The van der Waals surface area contributed by atoms with Crippen LogP contribution >= 0.6 is 0 Å². The second-order valence-corrected chi connectivity index (χ2v) is 9.06. The number of carbonyl (C=O) groups excluding carboxylic acids is 1. The van der Waals surface area contributed by atoms with Crippen LogP contribution in [0.25, 0.3) is 0 Å². The van der Waals surface area contributed by atoms with E-state index in [0.29, 0.717) is 17.9 Å². The third-order valence-electron chi connectivity index (χ3n) is 5.25. The van der Waals surface area contributed by atoms with Crippen LogP contribution in [0.5, 0.6) is 0 Å². The number of nitro groups is 1. The highest BCUT2D eigenvalue weighted by Gasteiger charge is 2.33. The van der Waals surface area contributed by atoms with E-state index in [4.69, 9.17) is 0 Å². The summed E-state index contributed by atoms with van der Waals surface area (Å²) in [5.74, 6) is -0.262. The summed E-state index contributed by atoms with van der Waals surface area (Å²) < 4.78 is 30.1. The van der Waals surface area contributed by atoms with Gasteiger partial charge in [-0.1, -0.05) is 0 Å². The molecule has 1 aliphatic heterocycles. The predicted molar refractivity (Wildman–Crippen MR) is 106 cm³/mol. The van der Waals surface area contributed by atoms with Crippen LogP contribution < -0.4 is 0 Å². The molecule has 0 saturated carbocycles. The molecule has 1 saturated heterocycles. The zero-order chi connectivity index (χ0) is 22.2. The molecule has 1 amide bonds. The van der Waals surface area contributed by atoms with Crippen molar-refractivity contribution < 1.29 is 18.1 Å². The highest BCUT2D eigenvalue weighted by atomic mass is 32.2. The Kier molecular flexibility index (Phi) is 5.94. The molecule has 0 radical (unpaired) electrons. The van der Waals surface area contributed by atoms with E-state index in [2.05, 4.69) is 10.2 Å². The van der Waals surface area contributed by atoms with Gasteiger partial charge in [0.25, 0.3) is 0 Å². The normalized spacial score (nSPS) is 15.5. The molecule has 0 unspecified atom stereocenters. The SMILES string of the molecule is CCn1cc(S(=O)(=O)N2CCN(C(=O)Cn3nc(C)c([N+](=O)[O-])c3C)CC2)c(C)n1. The Morgan fingerprint density at radius 2 is 1.77 bits per heavy atom. The average molecular weight is 439 g/mol. The molecule has 13 heteroatoms. The van der Waals surface area contributed by atoms with Crippen LogP contribution in [0.15, 0.2) is 11.1 Å².